The molecule has 0 amide bonds. The van der Waals surface area contributed by atoms with Crippen LogP contribution in [0.4, 0.5) is 0 Å². The molecular weight excluding hydrogens is 228 g/mol. The normalized spacial score (nSPS) is 18.6. The highest BCUT2D eigenvalue weighted by Crippen LogP contribution is 2.36. The molecule has 1 aromatic heterocycles. The highest BCUT2D eigenvalue weighted by atomic mass is 79.9. The lowest BCUT2D eigenvalue weighted by Crippen LogP contribution is -2.12. The molecule has 0 bridgehead atoms. The first-order chi connectivity index (χ1) is 6.25. The summed E-state index contributed by atoms with van der Waals surface area (Å²) in [6, 6.07) is 4.12. The first-order valence-electron chi connectivity index (χ1n) is 4.63. The van der Waals surface area contributed by atoms with E-state index in [9.17, 15) is 0 Å². The Morgan fingerprint density at radius 3 is 2.85 bits per heavy atom. The third-order valence-electron chi connectivity index (χ3n) is 2.41. The maximum atomic E-state index is 6.01. The van der Waals surface area contributed by atoms with E-state index < -0.39 is 0 Å². The summed E-state index contributed by atoms with van der Waals surface area (Å²) in [7, 11) is 0. The molecule has 13 heavy (non-hydrogen) atoms. The average Bonchev–Trinajstić information content (AvgIpc) is 2.89. The van der Waals surface area contributed by atoms with Gasteiger partial charge in [-0.25, -0.2) is 0 Å². The summed E-state index contributed by atoms with van der Waals surface area (Å²) in [5.41, 5.74) is 7.02. The van der Waals surface area contributed by atoms with Crippen molar-refractivity contribution in [2.45, 2.75) is 25.3 Å². The zero-order valence-corrected chi connectivity index (χ0v) is 9.00. The number of nitrogens with two attached hydrogens (primary N) is 1. The summed E-state index contributed by atoms with van der Waals surface area (Å²) in [6.07, 6.45) is 5.60. The molecule has 1 atom stereocenters. The molecule has 0 aromatic carbocycles. The van der Waals surface area contributed by atoms with E-state index in [0.717, 1.165) is 22.5 Å². The molecule has 3 heteroatoms. The van der Waals surface area contributed by atoms with Gasteiger partial charge in [-0.15, -0.1) is 0 Å². The van der Waals surface area contributed by atoms with Crippen molar-refractivity contribution in [1.29, 1.82) is 0 Å². The van der Waals surface area contributed by atoms with Gasteiger partial charge in [0.2, 0.25) is 0 Å². The zero-order valence-electron chi connectivity index (χ0n) is 7.41. The third-order valence-corrected chi connectivity index (χ3v) is 2.88. The lowest BCUT2D eigenvalue weighted by atomic mass is 10.1. The molecule has 0 aliphatic heterocycles. The van der Waals surface area contributed by atoms with Crippen LogP contribution in [0.25, 0.3) is 0 Å². The van der Waals surface area contributed by atoms with Gasteiger partial charge in [0.1, 0.15) is 0 Å². The minimum absolute atomic E-state index is 0.126. The Morgan fingerprint density at radius 1 is 1.54 bits per heavy atom. The Balaban J connectivity index is 2.01. The molecule has 2 rings (SSSR count). The van der Waals surface area contributed by atoms with Crippen molar-refractivity contribution in [3.8, 4) is 0 Å². The lowest BCUT2D eigenvalue weighted by Gasteiger charge is -2.09. The second-order valence-corrected chi connectivity index (χ2v) is 4.60. The lowest BCUT2D eigenvalue weighted by molar-refractivity contribution is 0.583. The monoisotopic (exact) mass is 240 g/mol. The van der Waals surface area contributed by atoms with Gasteiger partial charge in [0.05, 0.1) is 5.69 Å². The Morgan fingerprint density at radius 2 is 2.31 bits per heavy atom. The number of rotatable bonds is 3. The molecule has 0 spiro atoms. The summed E-state index contributed by atoms with van der Waals surface area (Å²) >= 11 is 3.35. The Kier molecular flexibility index (Phi) is 2.65. The van der Waals surface area contributed by atoms with E-state index in [2.05, 4.69) is 20.9 Å². The van der Waals surface area contributed by atoms with Gasteiger partial charge >= 0.3 is 0 Å². The molecule has 70 valence electrons. The molecule has 1 saturated carbocycles. The van der Waals surface area contributed by atoms with Crippen LogP contribution in [0.5, 0.6) is 0 Å². The van der Waals surface area contributed by atoms with Gasteiger partial charge in [0.25, 0.3) is 0 Å². The molecular formula is C10H13BrN2. The second-order valence-electron chi connectivity index (χ2n) is 3.69. The number of hydrogen-bond acceptors (Lipinski definition) is 2. The Bertz CT molecular complexity index is 279. The minimum atomic E-state index is 0.126. The van der Waals surface area contributed by atoms with Crippen LogP contribution in [0.3, 0.4) is 0 Å². The number of halogens is 1. The van der Waals surface area contributed by atoms with E-state index in [0.29, 0.717) is 0 Å². The summed E-state index contributed by atoms with van der Waals surface area (Å²) < 4.78 is 1.01. The van der Waals surface area contributed by atoms with Crippen LogP contribution in [0, 0.1) is 5.92 Å². The number of pyridine rings is 1. The van der Waals surface area contributed by atoms with Crippen molar-refractivity contribution in [1.82, 2.24) is 4.98 Å². The van der Waals surface area contributed by atoms with Crippen LogP contribution in [0.15, 0.2) is 22.8 Å². The summed E-state index contributed by atoms with van der Waals surface area (Å²) in [5, 5.41) is 0. The van der Waals surface area contributed by atoms with Gasteiger partial charge in [-0.3, -0.25) is 4.98 Å². The smallest absolute Gasteiger partial charge is 0.0571 e. The molecule has 0 radical (unpaired) electrons. The van der Waals surface area contributed by atoms with Crippen LogP contribution in [0.1, 0.15) is 31.0 Å². The SMILES string of the molecule is N[C@H](CC1CC1)c1ccc(Br)cn1. The quantitative estimate of drug-likeness (QED) is 0.883. The number of nitrogens with zero attached hydrogens (tertiary/aromatic N) is 1. The largest absolute Gasteiger partial charge is 0.323 e. The molecule has 1 aliphatic carbocycles. The standard InChI is InChI=1S/C10H13BrN2/c11-8-3-4-10(13-6-8)9(12)5-7-1-2-7/h3-4,6-7,9H,1-2,5,12H2/t9-/m1/s1. The van der Waals surface area contributed by atoms with Gasteiger partial charge in [0, 0.05) is 16.7 Å². The molecule has 0 saturated heterocycles. The molecule has 1 heterocycles. The predicted octanol–water partition coefficient (Wildman–Crippen LogP) is 2.64. The molecule has 1 fully saturated rings. The van der Waals surface area contributed by atoms with Crippen molar-refractivity contribution in [2.24, 2.45) is 11.7 Å². The first kappa shape index (κ1) is 9.16. The van der Waals surface area contributed by atoms with Crippen LogP contribution in [-0.2, 0) is 0 Å². The topological polar surface area (TPSA) is 38.9 Å². The highest BCUT2D eigenvalue weighted by Gasteiger charge is 2.24. The molecule has 2 N–H and O–H groups in total. The highest BCUT2D eigenvalue weighted by molar-refractivity contribution is 9.10. The van der Waals surface area contributed by atoms with Crippen molar-refractivity contribution >= 4 is 15.9 Å². The van der Waals surface area contributed by atoms with E-state index in [1.54, 1.807) is 0 Å². The Labute approximate surface area is 86.7 Å². The fraction of sp³-hybridized carbons (Fsp3) is 0.500. The predicted molar refractivity (Wildman–Crippen MR) is 56.2 cm³/mol. The molecule has 1 aromatic rings. The fourth-order valence-corrected chi connectivity index (χ4v) is 1.67. The van der Waals surface area contributed by atoms with Gasteiger partial charge in [-0.1, -0.05) is 12.8 Å². The molecule has 0 unspecified atom stereocenters. The van der Waals surface area contributed by atoms with Gasteiger partial charge in [-0.05, 0) is 40.4 Å². The van der Waals surface area contributed by atoms with Crippen molar-refractivity contribution < 1.29 is 0 Å². The summed E-state index contributed by atoms with van der Waals surface area (Å²) in [6.45, 7) is 0. The average molecular weight is 241 g/mol. The van der Waals surface area contributed by atoms with Crippen LogP contribution in [0.2, 0.25) is 0 Å². The third kappa shape index (κ3) is 2.51. The van der Waals surface area contributed by atoms with Gasteiger partial charge in [-0.2, -0.15) is 0 Å². The van der Waals surface area contributed by atoms with Crippen LogP contribution in [-0.4, -0.2) is 4.98 Å². The van der Waals surface area contributed by atoms with Crippen molar-refractivity contribution in [3.05, 3.63) is 28.5 Å². The van der Waals surface area contributed by atoms with E-state index in [1.165, 1.54) is 12.8 Å². The van der Waals surface area contributed by atoms with Gasteiger partial charge < -0.3 is 5.73 Å². The fourth-order valence-electron chi connectivity index (χ4n) is 1.44. The van der Waals surface area contributed by atoms with E-state index in [1.807, 2.05) is 18.3 Å². The number of hydrogen-bond donors (Lipinski definition) is 1. The molecule has 1 aliphatic rings. The summed E-state index contributed by atoms with van der Waals surface area (Å²) in [4.78, 5) is 4.29. The molecule has 2 nitrogen and oxygen atoms in total. The van der Waals surface area contributed by atoms with E-state index in [-0.39, 0.29) is 6.04 Å². The second kappa shape index (κ2) is 3.76. The van der Waals surface area contributed by atoms with E-state index >= 15 is 0 Å². The van der Waals surface area contributed by atoms with E-state index in [4.69, 9.17) is 5.73 Å². The maximum Gasteiger partial charge on any atom is 0.0571 e. The summed E-state index contributed by atoms with van der Waals surface area (Å²) in [5.74, 6) is 0.862. The number of aromatic nitrogens is 1. The van der Waals surface area contributed by atoms with Crippen LogP contribution >= 0.6 is 15.9 Å². The van der Waals surface area contributed by atoms with Crippen LogP contribution < -0.4 is 5.73 Å². The maximum absolute atomic E-state index is 6.01. The Hall–Kier alpha value is -0.410. The first-order valence-corrected chi connectivity index (χ1v) is 5.42. The zero-order chi connectivity index (χ0) is 9.26. The van der Waals surface area contributed by atoms with Gasteiger partial charge in [0.15, 0.2) is 0 Å². The van der Waals surface area contributed by atoms with Crippen molar-refractivity contribution in [3.63, 3.8) is 0 Å². The minimum Gasteiger partial charge on any atom is -0.323 e. The van der Waals surface area contributed by atoms with Crippen molar-refractivity contribution in [2.75, 3.05) is 0 Å².